The number of aliphatic hydroxyl groups is 1. The third-order valence-corrected chi connectivity index (χ3v) is 8.60. The van der Waals surface area contributed by atoms with E-state index in [4.69, 9.17) is 4.74 Å². The Bertz CT molecular complexity index is 943. The monoisotopic (exact) mass is 531 g/mol. The van der Waals surface area contributed by atoms with E-state index >= 15 is 0 Å². The Labute approximate surface area is 229 Å². The first kappa shape index (κ1) is 30.4. The summed E-state index contributed by atoms with van der Waals surface area (Å²) in [5.41, 5.74) is -2.49. The summed E-state index contributed by atoms with van der Waals surface area (Å²) >= 11 is 0. The molecule has 1 spiro atoms. The van der Waals surface area contributed by atoms with Gasteiger partial charge >= 0.3 is 0 Å². The topological polar surface area (TPSA) is 90.4 Å². The van der Waals surface area contributed by atoms with E-state index in [2.05, 4.69) is 13.2 Å². The molecule has 2 unspecified atom stereocenters. The van der Waals surface area contributed by atoms with Crippen molar-refractivity contribution in [2.45, 2.75) is 103 Å². The van der Waals surface area contributed by atoms with Crippen LogP contribution in [0.4, 0.5) is 0 Å². The Morgan fingerprint density at radius 3 is 2.32 bits per heavy atom. The van der Waals surface area contributed by atoms with Gasteiger partial charge in [0.25, 0.3) is 0 Å². The summed E-state index contributed by atoms with van der Waals surface area (Å²) in [5.74, 6) is -1.88. The number of nitrogens with zero attached hydrogens (tertiary/aromatic N) is 3. The fourth-order valence-electron chi connectivity index (χ4n) is 7.12. The molecule has 38 heavy (non-hydrogen) atoms. The highest BCUT2D eigenvalue weighted by atomic mass is 16.5. The highest BCUT2D eigenvalue weighted by Crippen LogP contribution is 2.64. The number of rotatable bonds is 12. The molecule has 0 saturated carbocycles. The van der Waals surface area contributed by atoms with Crippen LogP contribution in [0.3, 0.4) is 0 Å². The molecule has 0 aromatic rings. The van der Waals surface area contributed by atoms with Crippen molar-refractivity contribution in [3.8, 4) is 0 Å². The predicted molar refractivity (Wildman–Crippen MR) is 148 cm³/mol. The second-order valence-corrected chi connectivity index (χ2v) is 12.9. The van der Waals surface area contributed by atoms with Crippen molar-refractivity contribution < 1.29 is 24.2 Å². The summed E-state index contributed by atoms with van der Waals surface area (Å²) in [4.78, 5) is 48.1. The molecule has 214 valence electrons. The quantitative estimate of drug-likeness (QED) is 0.390. The lowest BCUT2D eigenvalue weighted by Crippen LogP contribution is -2.61. The van der Waals surface area contributed by atoms with E-state index in [1.807, 2.05) is 48.5 Å². The molecule has 1 N–H and O–H groups in total. The number of amides is 3. The normalized spacial score (nSPS) is 30.9. The van der Waals surface area contributed by atoms with Crippen LogP contribution in [-0.4, -0.2) is 92.6 Å². The summed E-state index contributed by atoms with van der Waals surface area (Å²) in [5, 5.41) is 10.5. The maximum Gasteiger partial charge on any atom is 0.249 e. The van der Waals surface area contributed by atoms with Crippen LogP contribution in [0.1, 0.15) is 74.1 Å². The van der Waals surface area contributed by atoms with Gasteiger partial charge in [-0.2, -0.15) is 0 Å². The lowest BCUT2D eigenvalue weighted by molar-refractivity contribution is -0.159. The van der Waals surface area contributed by atoms with Gasteiger partial charge in [0.15, 0.2) is 0 Å². The molecule has 8 nitrogen and oxygen atoms in total. The summed E-state index contributed by atoms with van der Waals surface area (Å²) in [6.45, 7) is 22.6. The van der Waals surface area contributed by atoms with Crippen molar-refractivity contribution >= 4 is 17.7 Å². The SMILES string of the molecule is C=CCN(CCC)C(=O)[C@@H]1[C@H]2C(=O)N([C@@H](CO)CC(C)C)C(C(=O)N(CC=C)C(C)(C)C)C23CC[C@@]1(C)O3. The number of carbonyl (C=O) groups excluding carboxylic acids is 3. The van der Waals surface area contributed by atoms with E-state index in [-0.39, 0.29) is 30.2 Å². The van der Waals surface area contributed by atoms with Gasteiger partial charge in [-0.05, 0) is 59.3 Å². The molecule has 6 atom stereocenters. The molecule has 3 fully saturated rings. The molecule has 0 aromatic heterocycles. The van der Waals surface area contributed by atoms with Crippen molar-refractivity contribution in [1.82, 2.24) is 14.7 Å². The average Bonchev–Trinajstić information content (AvgIpc) is 3.40. The molecule has 0 aromatic carbocycles. The molecule has 3 heterocycles. The number of likely N-dealkylation sites (tertiary alicyclic amines) is 1. The Balaban J connectivity index is 2.18. The fourth-order valence-corrected chi connectivity index (χ4v) is 7.12. The Morgan fingerprint density at radius 1 is 1.18 bits per heavy atom. The standard InChI is InChI=1S/C30H49N3O5/c1-10-15-31(16-11-2)25(35)22-23-26(36)33(21(19-34)18-20(4)5)24(30(23)14-13-29(22,9)38-30)27(37)32(17-12-3)28(6,7)8/h10,12,20-24,34H,1,3,11,13-19H2,2,4-9H3/t21-,22+,23+,24?,29-,30?/m1/s1. The summed E-state index contributed by atoms with van der Waals surface area (Å²) in [6.07, 6.45) is 5.82. The average molecular weight is 532 g/mol. The zero-order valence-electron chi connectivity index (χ0n) is 24.5. The van der Waals surface area contributed by atoms with Gasteiger partial charge in [0, 0.05) is 25.2 Å². The van der Waals surface area contributed by atoms with Gasteiger partial charge in [-0.3, -0.25) is 14.4 Å². The molecule has 8 heteroatoms. The van der Waals surface area contributed by atoms with Crippen LogP contribution < -0.4 is 0 Å². The van der Waals surface area contributed by atoms with Crippen molar-refractivity contribution in [3.63, 3.8) is 0 Å². The molecule has 2 bridgehead atoms. The van der Waals surface area contributed by atoms with E-state index in [0.717, 1.165) is 6.42 Å². The minimum absolute atomic E-state index is 0.120. The van der Waals surface area contributed by atoms with Crippen molar-refractivity contribution in [3.05, 3.63) is 25.3 Å². The number of ether oxygens (including phenoxy) is 1. The van der Waals surface area contributed by atoms with Gasteiger partial charge in [0.05, 0.1) is 30.1 Å². The van der Waals surface area contributed by atoms with Crippen molar-refractivity contribution in [2.75, 3.05) is 26.2 Å². The zero-order valence-corrected chi connectivity index (χ0v) is 24.5. The van der Waals surface area contributed by atoms with Gasteiger partial charge < -0.3 is 24.5 Å². The molecular weight excluding hydrogens is 482 g/mol. The highest BCUT2D eigenvalue weighted by molar-refractivity contribution is 5.99. The third-order valence-electron chi connectivity index (χ3n) is 8.60. The maximum atomic E-state index is 14.5. The predicted octanol–water partition coefficient (Wildman–Crippen LogP) is 3.40. The highest BCUT2D eigenvalue weighted by Gasteiger charge is 2.79. The molecule has 0 radical (unpaired) electrons. The summed E-state index contributed by atoms with van der Waals surface area (Å²) < 4.78 is 6.80. The minimum atomic E-state index is -1.12. The first-order valence-electron chi connectivity index (χ1n) is 14.2. The second kappa shape index (κ2) is 11.1. The van der Waals surface area contributed by atoms with Crippen LogP contribution in [0.2, 0.25) is 0 Å². The van der Waals surface area contributed by atoms with Crippen LogP contribution in [0.15, 0.2) is 25.3 Å². The van der Waals surface area contributed by atoms with E-state index in [0.29, 0.717) is 38.9 Å². The van der Waals surface area contributed by atoms with Gasteiger partial charge in [-0.1, -0.05) is 32.9 Å². The largest absolute Gasteiger partial charge is 0.394 e. The molecule has 3 rings (SSSR count). The van der Waals surface area contributed by atoms with Crippen LogP contribution >= 0.6 is 0 Å². The van der Waals surface area contributed by atoms with E-state index in [1.165, 1.54) is 0 Å². The van der Waals surface area contributed by atoms with Crippen LogP contribution in [-0.2, 0) is 19.1 Å². The lowest BCUT2D eigenvalue weighted by atomic mass is 9.66. The first-order chi connectivity index (χ1) is 17.7. The second-order valence-electron chi connectivity index (χ2n) is 12.9. The molecular formula is C30H49N3O5. The van der Waals surface area contributed by atoms with E-state index < -0.39 is 40.7 Å². The van der Waals surface area contributed by atoms with Crippen molar-refractivity contribution in [2.24, 2.45) is 17.8 Å². The van der Waals surface area contributed by atoms with Gasteiger partial charge in [-0.15, -0.1) is 13.2 Å². The number of hydrogen-bond donors (Lipinski definition) is 1. The number of fused-ring (bicyclic) bond motifs is 1. The number of carbonyl (C=O) groups is 3. The van der Waals surface area contributed by atoms with Gasteiger partial charge in [-0.25, -0.2) is 0 Å². The Hall–Kier alpha value is -2.19. The molecule has 0 aliphatic carbocycles. The zero-order chi connectivity index (χ0) is 28.6. The van der Waals surface area contributed by atoms with E-state index in [1.54, 1.807) is 26.9 Å². The smallest absolute Gasteiger partial charge is 0.249 e. The molecule has 3 aliphatic rings. The first-order valence-corrected chi connectivity index (χ1v) is 14.2. The number of aliphatic hydroxyl groups excluding tert-OH is 1. The Morgan fingerprint density at radius 2 is 1.82 bits per heavy atom. The van der Waals surface area contributed by atoms with Crippen molar-refractivity contribution in [1.29, 1.82) is 0 Å². The number of hydrogen-bond acceptors (Lipinski definition) is 5. The van der Waals surface area contributed by atoms with Crippen LogP contribution in [0.5, 0.6) is 0 Å². The lowest BCUT2D eigenvalue weighted by Gasteiger charge is -2.43. The van der Waals surface area contributed by atoms with E-state index in [9.17, 15) is 19.5 Å². The Kier molecular flexibility index (Phi) is 8.89. The van der Waals surface area contributed by atoms with Crippen LogP contribution in [0, 0.1) is 17.8 Å². The minimum Gasteiger partial charge on any atom is -0.394 e. The third kappa shape index (κ3) is 4.94. The fraction of sp³-hybridized carbons (Fsp3) is 0.767. The summed E-state index contributed by atoms with van der Waals surface area (Å²) in [6, 6.07) is -1.47. The van der Waals surface area contributed by atoms with Gasteiger partial charge in [0.1, 0.15) is 11.6 Å². The van der Waals surface area contributed by atoms with Gasteiger partial charge in [0.2, 0.25) is 17.7 Å². The summed E-state index contributed by atoms with van der Waals surface area (Å²) in [7, 11) is 0. The molecule has 3 saturated heterocycles. The maximum absolute atomic E-state index is 14.5. The molecule has 3 amide bonds. The van der Waals surface area contributed by atoms with Crippen LogP contribution in [0.25, 0.3) is 0 Å². The molecule has 3 aliphatic heterocycles.